The Morgan fingerprint density at radius 3 is 2.30 bits per heavy atom. The lowest BCUT2D eigenvalue weighted by Gasteiger charge is -2.13. The van der Waals surface area contributed by atoms with Crippen molar-refractivity contribution in [3.05, 3.63) is 95.1 Å². The molecule has 0 fully saturated rings. The number of thioether (sulfide) groups is 1. The number of para-hydroxylation sites is 2. The van der Waals surface area contributed by atoms with Crippen LogP contribution in [-0.2, 0) is 17.0 Å². The average molecular weight is 419 g/mol. The lowest BCUT2D eigenvalue weighted by Crippen LogP contribution is -2.16. The largest absolute Gasteiger partial charge is 0.325 e. The number of nitrogens with one attached hydrogen (secondary N) is 2. The monoisotopic (exact) mass is 418 g/mol. The lowest BCUT2D eigenvalue weighted by molar-refractivity contribution is -0.113. The molecule has 0 bridgehead atoms. The third-order valence-corrected chi connectivity index (χ3v) is 5.76. The summed E-state index contributed by atoms with van der Waals surface area (Å²) in [6.45, 7) is 4.10. The van der Waals surface area contributed by atoms with Crippen molar-refractivity contribution >= 4 is 35.0 Å². The van der Waals surface area contributed by atoms with E-state index in [0.29, 0.717) is 17.1 Å². The molecule has 5 heteroatoms. The molecule has 4 nitrogen and oxygen atoms in total. The Morgan fingerprint density at radius 2 is 1.60 bits per heavy atom. The number of aryl methyl sites for hydroxylation is 2. The lowest BCUT2D eigenvalue weighted by atomic mass is 10.1. The summed E-state index contributed by atoms with van der Waals surface area (Å²) < 4.78 is 0. The number of carbonyl (C=O) groups excluding carboxylic acids is 2. The highest BCUT2D eigenvalue weighted by molar-refractivity contribution is 7.99. The van der Waals surface area contributed by atoms with Gasteiger partial charge in [-0.2, -0.15) is 0 Å². The van der Waals surface area contributed by atoms with Gasteiger partial charge in [-0.15, -0.1) is 11.8 Å². The van der Waals surface area contributed by atoms with Gasteiger partial charge in [-0.05, 0) is 54.3 Å². The molecule has 2 N–H and O–H groups in total. The molecule has 30 heavy (non-hydrogen) atoms. The molecule has 0 aliphatic rings. The molecule has 0 radical (unpaired) electrons. The number of anilines is 2. The van der Waals surface area contributed by atoms with E-state index in [1.165, 1.54) is 0 Å². The van der Waals surface area contributed by atoms with Gasteiger partial charge in [-0.1, -0.05) is 55.5 Å². The number of amides is 2. The Labute approximate surface area is 182 Å². The Kier molecular flexibility index (Phi) is 7.69. The smallest absolute Gasteiger partial charge is 0.255 e. The highest BCUT2D eigenvalue weighted by Gasteiger charge is 2.09. The Hall–Kier alpha value is -3.05. The maximum absolute atomic E-state index is 12.4. The molecule has 0 aliphatic heterocycles. The second-order valence-electron chi connectivity index (χ2n) is 7.02. The predicted octanol–water partition coefficient (Wildman–Crippen LogP) is 5.68. The number of hydrogen-bond donors (Lipinski definition) is 2. The summed E-state index contributed by atoms with van der Waals surface area (Å²) in [5, 5.41) is 5.93. The van der Waals surface area contributed by atoms with Crippen LogP contribution in [-0.4, -0.2) is 17.6 Å². The van der Waals surface area contributed by atoms with E-state index in [-0.39, 0.29) is 11.8 Å². The van der Waals surface area contributed by atoms with Crippen molar-refractivity contribution in [3.8, 4) is 0 Å². The summed E-state index contributed by atoms with van der Waals surface area (Å²) in [6.07, 6.45) is 0.884. The van der Waals surface area contributed by atoms with Crippen LogP contribution in [0.4, 0.5) is 11.4 Å². The molecule has 154 valence electrons. The van der Waals surface area contributed by atoms with Crippen LogP contribution in [0.2, 0.25) is 0 Å². The van der Waals surface area contributed by atoms with Gasteiger partial charge in [0, 0.05) is 22.7 Å². The molecular weight excluding hydrogens is 392 g/mol. The number of hydrogen-bond acceptors (Lipinski definition) is 3. The minimum absolute atomic E-state index is 0.00265. The molecule has 3 aromatic rings. The average Bonchev–Trinajstić information content (AvgIpc) is 2.76. The van der Waals surface area contributed by atoms with Crippen LogP contribution in [0.1, 0.15) is 34.0 Å². The number of benzene rings is 3. The Morgan fingerprint density at radius 1 is 0.867 bits per heavy atom. The van der Waals surface area contributed by atoms with Crippen LogP contribution in [0.25, 0.3) is 0 Å². The molecule has 2 amide bonds. The fourth-order valence-corrected chi connectivity index (χ4v) is 3.90. The van der Waals surface area contributed by atoms with Gasteiger partial charge in [0.1, 0.15) is 0 Å². The second kappa shape index (κ2) is 10.6. The first-order valence-corrected chi connectivity index (χ1v) is 11.1. The molecule has 0 heterocycles. The molecule has 3 rings (SSSR count). The summed E-state index contributed by atoms with van der Waals surface area (Å²) in [5.41, 5.74) is 5.62. The molecule has 0 aromatic heterocycles. The summed E-state index contributed by atoms with van der Waals surface area (Å²) in [4.78, 5) is 24.7. The molecule has 3 aromatic carbocycles. The number of carbonyl (C=O) groups is 2. The SMILES string of the molecule is CCc1cccc(C)c1NC(=O)CSCc1ccc(C(=O)Nc2ccccc2)cc1. The van der Waals surface area contributed by atoms with E-state index in [9.17, 15) is 9.59 Å². The standard InChI is InChI=1S/C25H26N2O2S/c1-3-20-9-7-8-18(2)24(20)27-23(28)17-30-16-19-12-14-21(15-13-19)25(29)26-22-10-5-4-6-11-22/h4-15H,3,16-17H2,1-2H3,(H,26,29)(H,27,28). The van der Waals surface area contributed by atoms with Gasteiger partial charge >= 0.3 is 0 Å². The van der Waals surface area contributed by atoms with Crippen LogP contribution in [0.3, 0.4) is 0 Å². The maximum atomic E-state index is 12.4. The van der Waals surface area contributed by atoms with E-state index in [2.05, 4.69) is 17.6 Å². The zero-order chi connectivity index (χ0) is 21.3. The first-order chi connectivity index (χ1) is 14.6. The minimum atomic E-state index is -0.134. The van der Waals surface area contributed by atoms with E-state index in [0.717, 1.165) is 34.5 Å². The molecule has 0 aliphatic carbocycles. The van der Waals surface area contributed by atoms with Gasteiger partial charge in [-0.3, -0.25) is 9.59 Å². The van der Waals surface area contributed by atoms with Gasteiger partial charge in [-0.25, -0.2) is 0 Å². The van der Waals surface area contributed by atoms with E-state index in [1.807, 2.05) is 79.7 Å². The fraction of sp³-hybridized carbons (Fsp3) is 0.200. The first kappa shape index (κ1) is 21.7. The van der Waals surface area contributed by atoms with Crippen LogP contribution in [0, 0.1) is 6.92 Å². The van der Waals surface area contributed by atoms with Gasteiger partial charge in [0.15, 0.2) is 0 Å². The van der Waals surface area contributed by atoms with Gasteiger partial charge in [0.2, 0.25) is 5.91 Å². The Bertz CT molecular complexity index is 1000. The van der Waals surface area contributed by atoms with E-state index >= 15 is 0 Å². The van der Waals surface area contributed by atoms with E-state index in [1.54, 1.807) is 11.8 Å². The summed E-state index contributed by atoms with van der Waals surface area (Å²) in [5.74, 6) is 0.962. The summed E-state index contributed by atoms with van der Waals surface area (Å²) in [7, 11) is 0. The van der Waals surface area contributed by atoms with Crippen LogP contribution in [0.5, 0.6) is 0 Å². The molecule has 0 saturated heterocycles. The Balaban J connectivity index is 1.48. The van der Waals surface area contributed by atoms with Crippen molar-refractivity contribution < 1.29 is 9.59 Å². The summed E-state index contributed by atoms with van der Waals surface area (Å²) in [6, 6.07) is 23.0. The van der Waals surface area contributed by atoms with E-state index < -0.39 is 0 Å². The third-order valence-electron chi connectivity index (χ3n) is 4.75. The van der Waals surface area contributed by atoms with Crippen molar-refractivity contribution in [2.45, 2.75) is 26.0 Å². The van der Waals surface area contributed by atoms with Crippen molar-refractivity contribution in [1.29, 1.82) is 0 Å². The molecule has 0 spiro atoms. The maximum Gasteiger partial charge on any atom is 0.255 e. The summed E-state index contributed by atoms with van der Waals surface area (Å²) >= 11 is 1.56. The van der Waals surface area contributed by atoms with Gasteiger partial charge in [0.05, 0.1) is 5.75 Å². The third kappa shape index (κ3) is 5.97. The van der Waals surface area contributed by atoms with Crippen molar-refractivity contribution in [1.82, 2.24) is 0 Å². The van der Waals surface area contributed by atoms with Crippen LogP contribution in [0.15, 0.2) is 72.8 Å². The first-order valence-electron chi connectivity index (χ1n) is 9.98. The topological polar surface area (TPSA) is 58.2 Å². The van der Waals surface area contributed by atoms with Crippen molar-refractivity contribution in [2.75, 3.05) is 16.4 Å². The van der Waals surface area contributed by atoms with Crippen molar-refractivity contribution in [3.63, 3.8) is 0 Å². The quantitative estimate of drug-likeness (QED) is 0.495. The van der Waals surface area contributed by atoms with Crippen LogP contribution < -0.4 is 10.6 Å². The molecule has 0 unspecified atom stereocenters. The number of rotatable bonds is 8. The van der Waals surface area contributed by atoms with Crippen LogP contribution >= 0.6 is 11.8 Å². The highest BCUT2D eigenvalue weighted by Crippen LogP contribution is 2.22. The van der Waals surface area contributed by atoms with Gasteiger partial charge in [0.25, 0.3) is 5.91 Å². The predicted molar refractivity (Wildman–Crippen MR) is 126 cm³/mol. The van der Waals surface area contributed by atoms with Crippen molar-refractivity contribution in [2.24, 2.45) is 0 Å². The zero-order valence-corrected chi connectivity index (χ0v) is 18.1. The molecule has 0 saturated carbocycles. The normalized spacial score (nSPS) is 10.5. The molecule has 0 atom stereocenters. The fourth-order valence-electron chi connectivity index (χ4n) is 3.12. The minimum Gasteiger partial charge on any atom is -0.325 e. The van der Waals surface area contributed by atoms with E-state index in [4.69, 9.17) is 0 Å². The second-order valence-corrected chi connectivity index (χ2v) is 8.01. The highest BCUT2D eigenvalue weighted by atomic mass is 32.2. The van der Waals surface area contributed by atoms with Gasteiger partial charge < -0.3 is 10.6 Å². The zero-order valence-electron chi connectivity index (χ0n) is 17.3. The molecular formula is C25H26N2O2S.